The van der Waals surface area contributed by atoms with Gasteiger partial charge >= 0.3 is 6.18 Å². The monoisotopic (exact) mass is 471 g/mol. The summed E-state index contributed by atoms with van der Waals surface area (Å²) < 4.78 is 40.4. The largest absolute Gasteiger partial charge is 0.416 e. The first kappa shape index (κ1) is 22.3. The molecule has 2 aromatic heterocycles. The SMILES string of the molecule is O=C(CSc1nnc2ccccn12)Nc1cccc(C(=O)Nc2cccc(C(F)(F)F)c2)c1. The van der Waals surface area contributed by atoms with Crippen molar-refractivity contribution < 1.29 is 22.8 Å². The summed E-state index contributed by atoms with van der Waals surface area (Å²) in [5.41, 5.74) is 0.380. The molecule has 4 aromatic rings. The van der Waals surface area contributed by atoms with Crippen LogP contribution in [0.15, 0.2) is 78.1 Å². The van der Waals surface area contributed by atoms with Gasteiger partial charge in [-0.1, -0.05) is 30.0 Å². The highest BCUT2D eigenvalue weighted by molar-refractivity contribution is 7.99. The summed E-state index contributed by atoms with van der Waals surface area (Å²) in [5.74, 6) is -0.853. The molecule has 168 valence electrons. The Morgan fingerprint density at radius 1 is 0.909 bits per heavy atom. The Kier molecular flexibility index (Phi) is 6.31. The Morgan fingerprint density at radius 2 is 1.67 bits per heavy atom. The summed E-state index contributed by atoms with van der Waals surface area (Å²) in [7, 11) is 0. The number of hydrogen-bond donors (Lipinski definition) is 2. The van der Waals surface area contributed by atoms with E-state index in [0.29, 0.717) is 16.5 Å². The molecule has 0 fully saturated rings. The van der Waals surface area contributed by atoms with E-state index in [9.17, 15) is 22.8 Å². The van der Waals surface area contributed by atoms with Crippen LogP contribution in [0.5, 0.6) is 0 Å². The zero-order valence-electron chi connectivity index (χ0n) is 16.8. The molecule has 0 unspecified atom stereocenters. The van der Waals surface area contributed by atoms with E-state index in [-0.39, 0.29) is 22.9 Å². The first-order valence-corrected chi connectivity index (χ1v) is 10.6. The Labute approximate surface area is 190 Å². The van der Waals surface area contributed by atoms with Crippen molar-refractivity contribution in [1.29, 1.82) is 0 Å². The molecule has 2 heterocycles. The van der Waals surface area contributed by atoms with Gasteiger partial charge in [0.2, 0.25) is 5.91 Å². The fourth-order valence-corrected chi connectivity index (χ4v) is 3.68. The fourth-order valence-electron chi connectivity index (χ4n) is 2.96. The van der Waals surface area contributed by atoms with Gasteiger partial charge in [0.1, 0.15) is 0 Å². The number of hydrogen-bond acceptors (Lipinski definition) is 5. The minimum Gasteiger partial charge on any atom is -0.325 e. The second-order valence-corrected chi connectivity index (χ2v) is 7.80. The molecule has 4 rings (SSSR count). The van der Waals surface area contributed by atoms with Crippen LogP contribution in [0.1, 0.15) is 15.9 Å². The molecule has 0 spiro atoms. The van der Waals surface area contributed by atoms with Gasteiger partial charge in [0.25, 0.3) is 5.91 Å². The summed E-state index contributed by atoms with van der Waals surface area (Å²) in [6.45, 7) is 0. The zero-order valence-corrected chi connectivity index (χ0v) is 17.7. The van der Waals surface area contributed by atoms with Gasteiger partial charge in [-0.15, -0.1) is 10.2 Å². The second kappa shape index (κ2) is 9.33. The molecule has 0 saturated heterocycles. The normalized spacial score (nSPS) is 11.4. The quantitative estimate of drug-likeness (QED) is 0.397. The van der Waals surface area contributed by atoms with Crippen LogP contribution in [0.3, 0.4) is 0 Å². The van der Waals surface area contributed by atoms with Crippen molar-refractivity contribution >= 4 is 40.6 Å². The number of carbonyl (C=O) groups excluding carboxylic acids is 2. The lowest BCUT2D eigenvalue weighted by molar-refractivity contribution is -0.137. The van der Waals surface area contributed by atoms with Gasteiger partial charge in [0.05, 0.1) is 11.3 Å². The molecule has 0 aliphatic rings. The van der Waals surface area contributed by atoms with Crippen LogP contribution in [0.2, 0.25) is 0 Å². The van der Waals surface area contributed by atoms with Crippen molar-refractivity contribution in [2.24, 2.45) is 0 Å². The standard InChI is InChI=1S/C22H16F3N5O2S/c23-22(24,25)15-6-4-8-17(12-15)27-20(32)14-5-3-7-16(11-14)26-19(31)13-33-21-29-28-18-9-1-2-10-30(18)21/h1-12H,13H2,(H,26,31)(H,27,32). The molecule has 33 heavy (non-hydrogen) atoms. The summed E-state index contributed by atoms with van der Waals surface area (Å²) in [5, 5.41) is 13.8. The molecule has 0 atom stereocenters. The highest BCUT2D eigenvalue weighted by Gasteiger charge is 2.30. The van der Waals surface area contributed by atoms with Crippen LogP contribution in [0, 0.1) is 0 Å². The number of anilines is 2. The van der Waals surface area contributed by atoms with E-state index in [1.165, 1.54) is 36.0 Å². The molecule has 2 aromatic carbocycles. The highest BCUT2D eigenvalue weighted by atomic mass is 32.2. The molecule has 0 aliphatic heterocycles. The number of rotatable bonds is 6. The minimum atomic E-state index is -4.51. The lowest BCUT2D eigenvalue weighted by Gasteiger charge is -2.11. The number of nitrogens with zero attached hydrogens (tertiary/aromatic N) is 3. The molecule has 0 saturated carbocycles. The van der Waals surface area contributed by atoms with Crippen molar-refractivity contribution in [3.05, 3.63) is 84.1 Å². The van der Waals surface area contributed by atoms with Gasteiger partial charge in [-0.3, -0.25) is 14.0 Å². The Hall–Kier alpha value is -3.86. The molecular weight excluding hydrogens is 455 g/mol. The third-order valence-corrected chi connectivity index (χ3v) is 5.41. The van der Waals surface area contributed by atoms with Crippen LogP contribution >= 0.6 is 11.8 Å². The number of pyridine rings is 1. The Bertz CT molecular complexity index is 1320. The van der Waals surface area contributed by atoms with Gasteiger partial charge in [0.15, 0.2) is 10.8 Å². The van der Waals surface area contributed by atoms with Crippen molar-refractivity contribution in [1.82, 2.24) is 14.6 Å². The maximum atomic E-state index is 12.9. The van der Waals surface area contributed by atoms with Crippen molar-refractivity contribution in [3.8, 4) is 0 Å². The topological polar surface area (TPSA) is 88.4 Å². The van der Waals surface area contributed by atoms with Gasteiger partial charge in [-0.25, -0.2) is 0 Å². The molecule has 0 bridgehead atoms. The van der Waals surface area contributed by atoms with Crippen LogP contribution < -0.4 is 10.6 Å². The van der Waals surface area contributed by atoms with E-state index in [1.54, 1.807) is 28.8 Å². The number of benzene rings is 2. The van der Waals surface area contributed by atoms with Crippen molar-refractivity contribution in [3.63, 3.8) is 0 Å². The van der Waals surface area contributed by atoms with Gasteiger partial charge in [-0.05, 0) is 48.5 Å². The number of halogens is 3. The molecule has 11 heteroatoms. The first-order chi connectivity index (χ1) is 15.8. The number of thioether (sulfide) groups is 1. The van der Waals surface area contributed by atoms with Crippen LogP contribution in [-0.4, -0.2) is 32.2 Å². The zero-order chi connectivity index (χ0) is 23.4. The predicted octanol–water partition coefficient (Wildman–Crippen LogP) is 4.73. The predicted molar refractivity (Wildman–Crippen MR) is 118 cm³/mol. The van der Waals surface area contributed by atoms with E-state index < -0.39 is 17.6 Å². The highest BCUT2D eigenvalue weighted by Crippen LogP contribution is 2.30. The third-order valence-electron chi connectivity index (χ3n) is 4.47. The number of alkyl halides is 3. The average Bonchev–Trinajstić information content (AvgIpc) is 3.21. The van der Waals surface area contributed by atoms with E-state index in [2.05, 4.69) is 20.8 Å². The molecule has 2 N–H and O–H groups in total. The number of carbonyl (C=O) groups is 2. The van der Waals surface area contributed by atoms with E-state index in [1.807, 2.05) is 12.1 Å². The minimum absolute atomic E-state index is 0.0150. The number of aromatic nitrogens is 3. The Balaban J connectivity index is 1.38. The molecule has 7 nitrogen and oxygen atoms in total. The van der Waals surface area contributed by atoms with E-state index in [0.717, 1.165) is 12.1 Å². The fraction of sp³-hybridized carbons (Fsp3) is 0.0909. The Morgan fingerprint density at radius 3 is 2.45 bits per heavy atom. The first-order valence-electron chi connectivity index (χ1n) is 9.61. The smallest absolute Gasteiger partial charge is 0.325 e. The van der Waals surface area contributed by atoms with Crippen LogP contribution in [0.4, 0.5) is 24.5 Å². The van der Waals surface area contributed by atoms with Gasteiger partial charge < -0.3 is 10.6 Å². The molecule has 0 radical (unpaired) electrons. The van der Waals surface area contributed by atoms with Crippen LogP contribution in [0.25, 0.3) is 5.65 Å². The number of fused-ring (bicyclic) bond motifs is 1. The number of nitrogens with one attached hydrogen (secondary N) is 2. The van der Waals surface area contributed by atoms with Gasteiger partial charge in [-0.2, -0.15) is 13.2 Å². The van der Waals surface area contributed by atoms with E-state index in [4.69, 9.17) is 0 Å². The summed E-state index contributed by atoms with van der Waals surface area (Å²) in [4.78, 5) is 24.8. The summed E-state index contributed by atoms with van der Waals surface area (Å²) >= 11 is 1.21. The summed E-state index contributed by atoms with van der Waals surface area (Å²) in [6.07, 6.45) is -2.72. The maximum Gasteiger partial charge on any atom is 0.416 e. The average molecular weight is 471 g/mol. The summed E-state index contributed by atoms with van der Waals surface area (Å²) in [6, 6.07) is 15.9. The third kappa shape index (κ3) is 5.50. The lowest BCUT2D eigenvalue weighted by Crippen LogP contribution is -2.16. The molecule has 2 amide bonds. The maximum absolute atomic E-state index is 12.9. The molecule has 0 aliphatic carbocycles. The number of amides is 2. The van der Waals surface area contributed by atoms with Crippen molar-refractivity contribution in [2.75, 3.05) is 16.4 Å². The van der Waals surface area contributed by atoms with Crippen LogP contribution in [-0.2, 0) is 11.0 Å². The second-order valence-electron chi connectivity index (χ2n) is 6.86. The van der Waals surface area contributed by atoms with E-state index >= 15 is 0 Å². The molecular formula is C22H16F3N5O2S. The van der Waals surface area contributed by atoms with Crippen molar-refractivity contribution in [2.45, 2.75) is 11.3 Å². The lowest BCUT2D eigenvalue weighted by atomic mass is 10.1. The van der Waals surface area contributed by atoms with Gasteiger partial charge in [0, 0.05) is 23.1 Å².